The Labute approximate surface area is 108 Å². The molecule has 0 saturated heterocycles. The van der Waals surface area contributed by atoms with Gasteiger partial charge in [-0.3, -0.25) is 4.79 Å². The highest BCUT2D eigenvalue weighted by Gasteiger charge is 2.06. The first-order chi connectivity index (χ1) is 8.65. The minimum Gasteiger partial charge on any atom is -0.494 e. The highest BCUT2D eigenvalue weighted by atomic mass is 16.5. The van der Waals surface area contributed by atoms with Crippen LogP contribution >= 0.6 is 0 Å². The van der Waals surface area contributed by atoms with Gasteiger partial charge in [0.05, 0.1) is 19.1 Å². The standard InChI is InChI=1S/C14H21NO3/c1-3-12(16)10-15-14(17)9-11-5-7-13(8-6-11)18-4-2/h5-8,12,16H,3-4,9-10H2,1-2H3,(H,15,17). The van der Waals surface area contributed by atoms with E-state index in [1.807, 2.05) is 38.1 Å². The highest BCUT2D eigenvalue weighted by Crippen LogP contribution is 2.12. The van der Waals surface area contributed by atoms with Crippen LogP contribution in [0.2, 0.25) is 0 Å². The van der Waals surface area contributed by atoms with Gasteiger partial charge in [0.1, 0.15) is 5.75 Å². The third-order valence-corrected chi connectivity index (χ3v) is 2.61. The highest BCUT2D eigenvalue weighted by molar-refractivity contribution is 5.78. The van der Waals surface area contributed by atoms with Crippen LogP contribution in [0.3, 0.4) is 0 Å². The van der Waals surface area contributed by atoms with E-state index in [-0.39, 0.29) is 5.91 Å². The van der Waals surface area contributed by atoms with Crippen LogP contribution in [-0.2, 0) is 11.2 Å². The Morgan fingerprint density at radius 3 is 2.56 bits per heavy atom. The molecule has 0 bridgehead atoms. The number of nitrogens with one attached hydrogen (secondary N) is 1. The summed E-state index contributed by atoms with van der Waals surface area (Å²) in [7, 11) is 0. The van der Waals surface area contributed by atoms with Crippen molar-refractivity contribution < 1.29 is 14.6 Å². The first-order valence-corrected chi connectivity index (χ1v) is 6.32. The summed E-state index contributed by atoms with van der Waals surface area (Å²) in [4.78, 5) is 11.6. The first kappa shape index (κ1) is 14.5. The van der Waals surface area contributed by atoms with Crippen molar-refractivity contribution >= 4 is 5.91 Å². The maximum atomic E-state index is 11.6. The molecule has 1 atom stereocenters. The number of benzene rings is 1. The van der Waals surface area contributed by atoms with Gasteiger partial charge in [0, 0.05) is 6.54 Å². The molecule has 0 radical (unpaired) electrons. The van der Waals surface area contributed by atoms with E-state index in [0.29, 0.717) is 26.0 Å². The second kappa shape index (κ2) is 7.71. The molecule has 0 aromatic heterocycles. The average molecular weight is 251 g/mol. The first-order valence-electron chi connectivity index (χ1n) is 6.32. The van der Waals surface area contributed by atoms with Crippen molar-refractivity contribution in [2.45, 2.75) is 32.8 Å². The van der Waals surface area contributed by atoms with Crippen LogP contribution in [0.1, 0.15) is 25.8 Å². The molecule has 2 N–H and O–H groups in total. The van der Waals surface area contributed by atoms with Crippen molar-refractivity contribution in [1.82, 2.24) is 5.32 Å². The third-order valence-electron chi connectivity index (χ3n) is 2.61. The number of rotatable bonds is 7. The third kappa shape index (κ3) is 5.19. The van der Waals surface area contributed by atoms with Crippen molar-refractivity contribution in [1.29, 1.82) is 0 Å². The zero-order chi connectivity index (χ0) is 13.4. The minimum atomic E-state index is -0.464. The Morgan fingerprint density at radius 2 is 2.00 bits per heavy atom. The minimum absolute atomic E-state index is 0.0772. The molecule has 4 heteroatoms. The SMILES string of the molecule is CCOc1ccc(CC(=O)NCC(O)CC)cc1. The predicted molar refractivity (Wildman–Crippen MR) is 70.6 cm³/mol. The molecule has 0 fully saturated rings. The van der Waals surface area contributed by atoms with Gasteiger partial charge in [0.15, 0.2) is 0 Å². The summed E-state index contributed by atoms with van der Waals surface area (Å²) in [6, 6.07) is 7.46. The van der Waals surface area contributed by atoms with Gasteiger partial charge in [0.25, 0.3) is 0 Å². The fourth-order valence-electron chi connectivity index (χ4n) is 1.49. The van der Waals surface area contributed by atoms with Gasteiger partial charge in [0.2, 0.25) is 5.91 Å². The van der Waals surface area contributed by atoms with E-state index in [4.69, 9.17) is 4.74 Å². The summed E-state index contributed by atoms with van der Waals surface area (Å²) in [5.41, 5.74) is 0.932. The lowest BCUT2D eigenvalue weighted by molar-refractivity contribution is -0.120. The Kier molecular flexibility index (Phi) is 6.22. The van der Waals surface area contributed by atoms with Crippen LogP contribution in [0, 0.1) is 0 Å². The number of amides is 1. The lowest BCUT2D eigenvalue weighted by atomic mass is 10.1. The smallest absolute Gasteiger partial charge is 0.224 e. The molecule has 1 amide bonds. The molecular weight excluding hydrogens is 230 g/mol. The lowest BCUT2D eigenvalue weighted by Gasteiger charge is -2.09. The Bertz CT molecular complexity index is 362. The maximum absolute atomic E-state index is 11.6. The monoisotopic (exact) mass is 251 g/mol. The number of aliphatic hydroxyl groups excluding tert-OH is 1. The van der Waals surface area contributed by atoms with Crippen LogP contribution in [0.25, 0.3) is 0 Å². The molecule has 4 nitrogen and oxygen atoms in total. The molecule has 18 heavy (non-hydrogen) atoms. The molecule has 0 saturated carbocycles. The van der Waals surface area contributed by atoms with Crippen molar-refractivity contribution in [2.24, 2.45) is 0 Å². The summed E-state index contributed by atoms with van der Waals surface area (Å²) < 4.78 is 5.33. The zero-order valence-corrected chi connectivity index (χ0v) is 11.0. The quantitative estimate of drug-likeness (QED) is 0.772. The number of hydrogen-bond acceptors (Lipinski definition) is 3. The van der Waals surface area contributed by atoms with Gasteiger partial charge in [-0.25, -0.2) is 0 Å². The largest absolute Gasteiger partial charge is 0.494 e. The lowest BCUT2D eigenvalue weighted by Crippen LogP contribution is -2.32. The van der Waals surface area contributed by atoms with E-state index in [0.717, 1.165) is 11.3 Å². The van der Waals surface area contributed by atoms with Crippen molar-refractivity contribution in [2.75, 3.05) is 13.2 Å². The molecule has 0 aliphatic carbocycles. The van der Waals surface area contributed by atoms with Crippen molar-refractivity contribution in [3.05, 3.63) is 29.8 Å². The van der Waals surface area contributed by atoms with E-state index in [2.05, 4.69) is 5.32 Å². The fraction of sp³-hybridized carbons (Fsp3) is 0.500. The molecule has 0 heterocycles. The van der Waals surface area contributed by atoms with Gasteiger partial charge in [-0.15, -0.1) is 0 Å². The number of hydrogen-bond donors (Lipinski definition) is 2. The molecule has 100 valence electrons. The number of carbonyl (C=O) groups is 1. The number of aliphatic hydroxyl groups is 1. The van der Waals surface area contributed by atoms with Crippen LogP contribution in [0.5, 0.6) is 5.75 Å². The van der Waals surface area contributed by atoms with E-state index < -0.39 is 6.10 Å². The second-order valence-corrected chi connectivity index (χ2v) is 4.12. The molecule has 1 rings (SSSR count). The van der Waals surface area contributed by atoms with Gasteiger partial charge in [-0.05, 0) is 31.0 Å². The van der Waals surface area contributed by atoms with E-state index in [1.54, 1.807) is 0 Å². The van der Waals surface area contributed by atoms with Crippen molar-refractivity contribution in [3.63, 3.8) is 0 Å². The summed E-state index contributed by atoms with van der Waals surface area (Å²) in [6.07, 6.45) is 0.501. The molecule has 0 spiro atoms. The Balaban J connectivity index is 2.39. The maximum Gasteiger partial charge on any atom is 0.224 e. The average Bonchev–Trinajstić information content (AvgIpc) is 2.38. The van der Waals surface area contributed by atoms with Gasteiger partial charge in [-0.2, -0.15) is 0 Å². The van der Waals surface area contributed by atoms with Crippen LogP contribution < -0.4 is 10.1 Å². The molecule has 1 unspecified atom stereocenters. The molecule has 1 aromatic carbocycles. The fourth-order valence-corrected chi connectivity index (χ4v) is 1.49. The zero-order valence-electron chi connectivity index (χ0n) is 11.0. The van der Waals surface area contributed by atoms with Gasteiger partial charge < -0.3 is 15.2 Å². The topological polar surface area (TPSA) is 58.6 Å². The summed E-state index contributed by atoms with van der Waals surface area (Å²) in [5, 5.41) is 12.0. The summed E-state index contributed by atoms with van der Waals surface area (Å²) in [5.74, 6) is 0.731. The van der Waals surface area contributed by atoms with Crippen LogP contribution in [0.4, 0.5) is 0 Å². The van der Waals surface area contributed by atoms with E-state index in [1.165, 1.54) is 0 Å². The van der Waals surface area contributed by atoms with E-state index in [9.17, 15) is 9.90 Å². The molecule has 0 aliphatic heterocycles. The Morgan fingerprint density at radius 1 is 1.33 bits per heavy atom. The number of ether oxygens (including phenoxy) is 1. The summed E-state index contributed by atoms with van der Waals surface area (Å²) in [6.45, 7) is 4.75. The second-order valence-electron chi connectivity index (χ2n) is 4.12. The Hall–Kier alpha value is -1.55. The van der Waals surface area contributed by atoms with Crippen LogP contribution in [0.15, 0.2) is 24.3 Å². The number of carbonyl (C=O) groups excluding carboxylic acids is 1. The molecular formula is C14H21NO3. The van der Waals surface area contributed by atoms with Crippen LogP contribution in [-0.4, -0.2) is 30.3 Å². The normalized spacial score (nSPS) is 11.9. The van der Waals surface area contributed by atoms with Gasteiger partial charge in [-0.1, -0.05) is 19.1 Å². The molecule has 1 aromatic rings. The predicted octanol–water partition coefficient (Wildman–Crippen LogP) is 1.51. The van der Waals surface area contributed by atoms with E-state index >= 15 is 0 Å². The van der Waals surface area contributed by atoms with Crippen molar-refractivity contribution in [3.8, 4) is 5.75 Å². The van der Waals surface area contributed by atoms with Gasteiger partial charge >= 0.3 is 0 Å². The summed E-state index contributed by atoms with van der Waals surface area (Å²) >= 11 is 0. The molecule has 0 aliphatic rings.